The second-order valence-corrected chi connectivity index (χ2v) is 9.28. The van der Waals surface area contributed by atoms with Gasteiger partial charge in [0.1, 0.15) is 11.5 Å². The molecule has 0 bridgehead atoms. The van der Waals surface area contributed by atoms with Gasteiger partial charge in [-0.1, -0.05) is 32.4 Å². The van der Waals surface area contributed by atoms with Crippen molar-refractivity contribution >= 4 is 35.0 Å². The highest BCUT2D eigenvalue weighted by molar-refractivity contribution is 5.94. The smallest absolute Gasteiger partial charge is 0.338 e. The van der Waals surface area contributed by atoms with Crippen molar-refractivity contribution in [2.75, 3.05) is 0 Å². The van der Waals surface area contributed by atoms with E-state index >= 15 is 0 Å². The lowest BCUT2D eigenvalue weighted by Gasteiger charge is -2.15. The molecule has 0 fully saturated rings. The van der Waals surface area contributed by atoms with Crippen LogP contribution in [0.25, 0.3) is 11.1 Å². The summed E-state index contributed by atoms with van der Waals surface area (Å²) >= 11 is 0. The highest BCUT2D eigenvalue weighted by atomic mass is 16.6. The minimum Gasteiger partial charge on any atom is -0.423 e. The molecule has 0 atom stereocenters. The quantitative estimate of drug-likeness (QED) is 0.143. The average molecular weight is 545 g/mol. The zero-order chi connectivity index (χ0) is 30.3. The molecule has 2 rings (SSSR count). The third-order valence-corrected chi connectivity index (χ3v) is 5.47. The molecule has 0 amide bonds. The summed E-state index contributed by atoms with van der Waals surface area (Å²) in [6.07, 6.45) is 0. The van der Waals surface area contributed by atoms with Crippen molar-refractivity contribution in [3.8, 4) is 23.0 Å². The lowest BCUT2D eigenvalue weighted by Crippen LogP contribution is -2.13. The van der Waals surface area contributed by atoms with Crippen molar-refractivity contribution in [3.63, 3.8) is 0 Å². The van der Waals surface area contributed by atoms with Crippen molar-refractivity contribution < 1.29 is 38.1 Å². The van der Waals surface area contributed by atoms with Crippen molar-refractivity contribution in [1.29, 1.82) is 0 Å². The molecule has 2 aromatic carbocycles. The van der Waals surface area contributed by atoms with Gasteiger partial charge in [-0.2, -0.15) is 0 Å². The van der Waals surface area contributed by atoms with Gasteiger partial charge in [0, 0.05) is 28.4 Å². The van der Waals surface area contributed by atoms with Crippen LogP contribution in [-0.4, -0.2) is 23.9 Å². The Kier molecular flexibility index (Phi) is 10.3. The van der Waals surface area contributed by atoms with E-state index in [4.69, 9.17) is 18.9 Å². The van der Waals surface area contributed by atoms with Crippen molar-refractivity contribution in [1.82, 2.24) is 0 Å². The van der Waals surface area contributed by atoms with E-state index in [9.17, 15) is 19.2 Å². The van der Waals surface area contributed by atoms with Gasteiger partial charge in [-0.3, -0.25) is 0 Å². The van der Waals surface area contributed by atoms with Crippen LogP contribution in [0.2, 0.25) is 0 Å². The normalized spacial score (nSPS) is 10.9. The van der Waals surface area contributed by atoms with Crippen LogP contribution in [0, 0.1) is 0 Å². The number of esters is 4. The fraction of sp³-hybridized carbons (Fsp3) is 0.188. The van der Waals surface area contributed by atoms with Gasteiger partial charge in [-0.15, -0.1) is 0 Å². The lowest BCUT2D eigenvalue weighted by molar-refractivity contribution is -0.132. The highest BCUT2D eigenvalue weighted by Crippen LogP contribution is 2.36. The van der Waals surface area contributed by atoms with Gasteiger partial charge in [-0.25, -0.2) is 19.2 Å². The van der Waals surface area contributed by atoms with E-state index in [0.717, 1.165) is 5.57 Å². The third-order valence-electron chi connectivity index (χ3n) is 5.47. The SMILES string of the molecule is C=C(C)C(=O)Oc1cc(OC(=O)C(=C)C)cc(C(C)=C(C)c2ccc(OC(=O)C(=C)C)c(OC(=O)C(=C)C)c2)c1. The molecule has 0 radical (unpaired) electrons. The van der Waals surface area contributed by atoms with Crippen molar-refractivity contribution in [3.05, 3.63) is 96.1 Å². The van der Waals surface area contributed by atoms with E-state index in [1.807, 2.05) is 13.8 Å². The molecular weight excluding hydrogens is 512 g/mol. The van der Waals surface area contributed by atoms with Gasteiger partial charge in [-0.05, 0) is 88.1 Å². The molecule has 0 heterocycles. The van der Waals surface area contributed by atoms with Crippen molar-refractivity contribution in [2.45, 2.75) is 41.5 Å². The van der Waals surface area contributed by atoms with Crippen LogP contribution in [-0.2, 0) is 19.2 Å². The number of carbonyl (C=O) groups is 4. The van der Waals surface area contributed by atoms with E-state index in [0.29, 0.717) is 16.7 Å². The Labute approximate surface area is 233 Å². The van der Waals surface area contributed by atoms with Crippen LogP contribution in [0.5, 0.6) is 23.0 Å². The standard InChI is InChI=1S/C32H32O8/c1-17(2)29(33)37-25-13-24(14-26(16-25)38-30(34)18(3)4)22(10)21(9)23-11-12-27(39-31(35)19(5)6)28(15-23)40-32(36)20(7)8/h11-16H,1,3,5,7H2,2,4,6,8-10H3. The first kappa shape index (κ1) is 31.2. The molecule has 8 heteroatoms. The van der Waals surface area contributed by atoms with Crippen LogP contribution in [0.15, 0.2) is 85.0 Å². The minimum atomic E-state index is -0.695. The van der Waals surface area contributed by atoms with Gasteiger partial charge >= 0.3 is 23.9 Å². The molecule has 0 saturated heterocycles. The molecule has 0 N–H and O–H groups in total. The van der Waals surface area contributed by atoms with Gasteiger partial charge in [0.15, 0.2) is 11.5 Å². The van der Waals surface area contributed by atoms with E-state index in [1.54, 1.807) is 24.3 Å². The number of hydrogen-bond donors (Lipinski definition) is 0. The number of benzene rings is 2. The third kappa shape index (κ3) is 8.26. The van der Waals surface area contributed by atoms with Crippen LogP contribution in [0.4, 0.5) is 0 Å². The predicted molar refractivity (Wildman–Crippen MR) is 153 cm³/mol. The molecule has 208 valence electrons. The Bertz CT molecular complexity index is 1440. The summed E-state index contributed by atoms with van der Waals surface area (Å²) in [5, 5.41) is 0. The molecule has 40 heavy (non-hydrogen) atoms. The van der Waals surface area contributed by atoms with Gasteiger partial charge in [0.2, 0.25) is 0 Å². The second kappa shape index (κ2) is 13.2. The van der Waals surface area contributed by atoms with Gasteiger partial charge in [0.25, 0.3) is 0 Å². The summed E-state index contributed by atoms with van der Waals surface area (Å²) in [6.45, 7) is 24.0. The average Bonchev–Trinajstić information content (AvgIpc) is 2.88. The largest absolute Gasteiger partial charge is 0.423 e. The Morgan fingerprint density at radius 1 is 0.475 bits per heavy atom. The molecule has 0 saturated carbocycles. The fourth-order valence-electron chi connectivity index (χ4n) is 3.01. The van der Waals surface area contributed by atoms with E-state index < -0.39 is 23.9 Å². The first-order valence-electron chi connectivity index (χ1n) is 12.1. The topological polar surface area (TPSA) is 105 Å². The summed E-state index contributed by atoms with van der Waals surface area (Å²) in [7, 11) is 0. The highest BCUT2D eigenvalue weighted by Gasteiger charge is 2.18. The summed E-state index contributed by atoms with van der Waals surface area (Å²) in [6, 6.07) is 9.37. The minimum absolute atomic E-state index is 0.00691. The predicted octanol–water partition coefficient (Wildman–Crippen LogP) is 6.56. The van der Waals surface area contributed by atoms with E-state index in [1.165, 1.54) is 39.8 Å². The molecular formula is C32H32O8. The fourth-order valence-corrected chi connectivity index (χ4v) is 3.01. The Morgan fingerprint density at radius 2 is 0.850 bits per heavy atom. The van der Waals surface area contributed by atoms with Gasteiger partial charge in [0.05, 0.1) is 0 Å². The summed E-state index contributed by atoms with van der Waals surface area (Å²) in [5.41, 5.74) is 3.36. The monoisotopic (exact) mass is 544 g/mol. The molecule has 8 nitrogen and oxygen atoms in total. The zero-order valence-corrected chi connectivity index (χ0v) is 23.6. The first-order chi connectivity index (χ1) is 18.6. The van der Waals surface area contributed by atoms with Crippen LogP contribution < -0.4 is 18.9 Å². The first-order valence-corrected chi connectivity index (χ1v) is 12.1. The summed E-state index contributed by atoms with van der Waals surface area (Å²) in [4.78, 5) is 48.7. The maximum Gasteiger partial charge on any atom is 0.338 e. The lowest BCUT2D eigenvalue weighted by atomic mass is 9.96. The Balaban J connectivity index is 2.64. The van der Waals surface area contributed by atoms with E-state index in [2.05, 4.69) is 26.3 Å². The number of allylic oxidation sites excluding steroid dienone is 2. The van der Waals surface area contributed by atoms with Crippen LogP contribution >= 0.6 is 0 Å². The Morgan fingerprint density at radius 3 is 1.27 bits per heavy atom. The summed E-state index contributed by atoms with van der Waals surface area (Å²) in [5.74, 6) is -2.35. The molecule has 0 unspecified atom stereocenters. The number of hydrogen-bond acceptors (Lipinski definition) is 8. The second-order valence-electron chi connectivity index (χ2n) is 9.28. The molecule has 0 aliphatic rings. The summed E-state index contributed by atoms with van der Waals surface area (Å²) < 4.78 is 21.6. The molecule has 2 aromatic rings. The molecule has 0 aromatic heterocycles. The number of ether oxygens (including phenoxy) is 4. The molecule has 0 spiro atoms. The van der Waals surface area contributed by atoms with Gasteiger partial charge < -0.3 is 18.9 Å². The maximum absolute atomic E-state index is 12.3. The van der Waals surface area contributed by atoms with Crippen LogP contribution in [0.1, 0.15) is 52.7 Å². The Hall–Kier alpha value is -4.98. The van der Waals surface area contributed by atoms with E-state index in [-0.39, 0.29) is 45.3 Å². The maximum atomic E-state index is 12.3. The zero-order valence-electron chi connectivity index (χ0n) is 23.6. The molecule has 0 aliphatic heterocycles. The van der Waals surface area contributed by atoms with Crippen molar-refractivity contribution in [2.24, 2.45) is 0 Å². The van der Waals surface area contributed by atoms with Crippen LogP contribution in [0.3, 0.4) is 0 Å². The molecule has 0 aliphatic carbocycles. The number of rotatable bonds is 10. The number of carbonyl (C=O) groups excluding carboxylic acids is 4.